The minimum atomic E-state index is -1.70. The highest BCUT2D eigenvalue weighted by Crippen LogP contribution is 2.35. The lowest BCUT2D eigenvalue weighted by molar-refractivity contribution is -0.310. The van der Waals surface area contributed by atoms with E-state index in [1.54, 1.807) is 0 Å². The lowest BCUT2D eigenvalue weighted by Gasteiger charge is -2.48. The molecule has 32 heavy (non-hydrogen) atoms. The van der Waals surface area contributed by atoms with Gasteiger partial charge in [0, 0.05) is 46.1 Å². The number of amides is 1. The average molecular weight is 460 g/mol. The number of rotatable bonds is 10. The largest absolute Gasteiger partial charge is 0.462 e. The predicted molar refractivity (Wildman–Crippen MR) is 105 cm³/mol. The Morgan fingerprint density at radius 2 is 1.81 bits per heavy atom. The van der Waals surface area contributed by atoms with Gasteiger partial charge in [-0.1, -0.05) is 5.11 Å². The van der Waals surface area contributed by atoms with E-state index in [0.29, 0.717) is 0 Å². The number of ether oxygens (including phenoxy) is 5. The van der Waals surface area contributed by atoms with E-state index < -0.39 is 73.2 Å². The second kappa shape index (κ2) is 12.2. The molecule has 1 fully saturated rings. The smallest absolute Gasteiger partial charge is 0.303 e. The fraction of sp³-hybridized carbons (Fsp3) is 0.778. The quantitative estimate of drug-likeness (QED) is 0.144. The molecule has 6 atom stereocenters. The molecular formula is C18H28N4O10. The molecule has 0 spiro atoms. The molecule has 180 valence electrons. The first-order valence-corrected chi connectivity index (χ1v) is 9.61. The third kappa shape index (κ3) is 7.64. The van der Waals surface area contributed by atoms with Crippen LogP contribution in [-0.4, -0.2) is 85.4 Å². The first-order valence-electron chi connectivity index (χ1n) is 9.61. The fourth-order valence-corrected chi connectivity index (χ4v) is 3.35. The third-order valence-corrected chi connectivity index (χ3v) is 4.58. The Hall–Kier alpha value is -2.93. The van der Waals surface area contributed by atoms with Crippen LogP contribution in [0.25, 0.3) is 10.4 Å². The van der Waals surface area contributed by atoms with Crippen LogP contribution in [0.2, 0.25) is 0 Å². The standard InChI is InChI=1S/C18H28N4O10/c1-9(24)20-15-13(21-22-19)6-18(8-23,28-5)32-17(15)16(31-12(4)27)14(30-11(3)26)7-29-10(2)25/h13-17,23H,6-8H2,1-5H3,(H,20,24)/t13-,14+,15+,16+,17+,18?/m0/s1. The van der Waals surface area contributed by atoms with Gasteiger partial charge in [-0.15, -0.1) is 0 Å². The number of aliphatic hydroxyl groups is 1. The first kappa shape index (κ1) is 27.1. The number of methoxy groups -OCH3 is 1. The minimum Gasteiger partial charge on any atom is -0.462 e. The number of hydrogen-bond donors (Lipinski definition) is 2. The van der Waals surface area contributed by atoms with Crippen molar-refractivity contribution in [3.63, 3.8) is 0 Å². The normalized spacial score (nSPS) is 26.6. The van der Waals surface area contributed by atoms with Crippen LogP contribution in [0.4, 0.5) is 0 Å². The van der Waals surface area contributed by atoms with E-state index in [2.05, 4.69) is 15.3 Å². The summed E-state index contributed by atoms with van der Waals surface area (Å²) in [6.07, 6.45) is -4.32. The molecular weight excluding hydrogens is 432 g/mol. The number of carbonyl (C=O) groups is 4. The zero-order valence-electron chi connectivity index (χ0n) is 18.5. The van der Waals surface area contributed by atoms with Gasteiger partial charge in [0.2, 0.25) is 5.91 Å². The molecule has 1 aliphatic rings. The van der Waals surface area contributed by atoms with Gasteiger partial charge in [0.15, 0.2) is 18.0 Å². The molecule has 1 heterocycles. The van der Waals surface area contributed by atoms with Crippen LogP contribution in [0.1, 0.15) is 34.1 Å². The van der Waals surface area contributed by atoms with Crippen molar-refractivity contribution in [3.8, 4) is 0 Å². The molecule has 1 saturated heterocycles. The van der Waals surface area contributed by atoms with Gasteiger partial charge in [0.1, 0.15) is 12.7 Å². The van der Waals surface area contributed by atoms with Gasteiger partial charge in [0.25, 0.3) is 0 Å². The van der Waals surface area contributed by atoms with Crippen LogP contribution in [0.3, 0.4) is 0 Å². The van der Waals surface area contributed by atoms with Crippen LogP contribution in [0, 0.1) is 0 Å². The number of nitrogens with zero attached hydrogens (tertiary/aromatic N) is 3. The van der Waals surface area contributed by atoms with Crippen molar-refractivity contribution in [3.05, 3.63) is 10.4 Å². The maximum atomic E-state index is 11.9. The summed E-state index contributed by atoms with van der Waals surface area (Å²) >= 11 is 0. The maximum Gasteiger partial charge on any atom is 0.303 e. The van der Waals surface area contributed by atoms with Crippen molar-refractivity contribution < 1.29 is 48.0 Å². The van der Waals surface area contributed by atoms with Crippen LogP contribution >= 0.6 is 0 Å². The van der Waals surface area contributed by atoms with Gasteiger partial charge in [-0.3, -0.25) is 19.2 Å². The van der Waals surface area contributed by atoms with Gasteiger partial charge in [-0.2, -0.15) is 0 Å². The number of aliphatic hydroxyl groups excluding tert-OH is 1. The van der Waals surface area contributed by atoms with E-state index >= 15 is 0 Å². The second-order valence-corrected chi connectivity index (χ2v) is 7.08. The van der Waals surface area contributed by atoms with Crippen molar-refractivity contribution >= 4 is 23.8 Å². The lowest BCUT2D eigenvalue weighted by Crippen LogP contribution is -2.67. The number of azide groups is 1. The van der Waals surface area contributed by atoms with Crippen LogP contribution in [0.5, 0.6) is 0 Å². The van der Waals surface area contributed by atoms with E-state index in [-0.39, 0.29) is 6.42 Å². The van der Waals surface area contributed by atoms with E-state index in [1.165, 1.54) is 14.0 Å². The summed E-state index contributed by atoms with van der Waals surface area (Å²) in [6.45, 7) is 3.32. The Bertz CT molecular complexity index is 750. The summed E-state index contributed by atoms with van der Waals surface area (Å²) in [7, 11) is 1.24. The van der Waals surface area contributed by atoms with Gasteiger partial charge in [-0.05, 0) is 5.53 Å². The highest BCUT2D eigenvalue weighted by molar-refractivity contribution is 5.73. The molecule has 0 aliphatic carbocycles. The summed E-state index contributed by atoms with van der Waals surface area (Å²) in [6, 6.07) is -2.10. The lowest BCUT2D eigenvalue weighted by atomic mass is 9.87. The van der Waals surface area contributed by atoms with Crippen LogP contribution in [0.15, 0.2) is 5.11 Å². The Morgan fingerprint density at radius 3 is 2.25 bits per heavy atom. The van der Waals surface area contributed by atoms with Gasteiger partial charge in [0.05, 0.1) is 18.7 Å². The highest BCUT2D eigenvalue weighted by atomic mass is 16.7. The molecule has 0 aromatic carbocycles. The fourth-order valence-electron chi connectivity index (χ4n) is 3.35. The number of carbonyl (C=O) groups excluding carboxylic acids is 4. The molecule has 0 radical (unpaired) electrons. The van der Waals surface area contributed by atoms with Crippen molar-refractivity contribution in [1.82, 2.24) is 5.32 Å². The average Bonchev–Trinajstić information content (AvgIpc) is 2.70. The minimum absolute atomic E-state index is 0.152. The molecule has 0 aromatic heterocycles. The summed E-state index contributed by atoms with van der Waals surface area (Å²) in [4.78, 5) is 49.6. The maximum absolute atomic E-state index is 11.9. The molecule has 1 rings (SSSR count). The van der Waals surface area contributed by atoms with E-state index in [4.69, 9.17) is 29.2 Å². The van der Waals surface area contributed by atoms with Gasteiger partial charge < -0.3 is 34.1 Å². The Labute approximate surface area is 184 Å². The zero-order chi connectivity index (χ0) is 24.5. The summed E-state index contributed by atoms with van der Waals surface area (Å²) in [5.74, 6) is -4.50. The Balaban J connectivity index is 3.58. The van der Waals surface area contributed by atoms with E-state index in [0.717, 1.165) is 20.8 Å². The Kier molecular flexibility index (Phi) is 10.3. The van der Waals surface area contributed by atoms with Crippen molar-refractivity contribution in [2.24, 2.45) is 5.11 Å². The SMILES string of the molecule is COC1(CO)C[C@H](N=[N+]=[N-])[C@@H](NC(C)=O)[C@H]([C@H](OC(C)=O)[C@@H](COC(C)=O)OC(C)=O)O1. The van der Waals surface area contributed by atoms with Crippen LogP contribution < -0.4 is 5.32 Å². The van der Waals surface area contributed by atoms with Crippen molar-refractivity contribution in [2.75, 3.05) is 20.3 Å². The van der Waals surface area contributed by atoms with Gasteiger partial charge >= 0.3 is 17.9 Å². The Morgan fingerprint density at radius 1 is 1.19 bits per heavy atom. The molecule has 1 aliphatic heterocycles. The van der Waals surface area contributed by atoms with Gasteiger partial charge in [-0.25, -0.2) is 0 Å². The summed E-state index contributed by atoms with van der Waals surface area (Å²) < 4.78 is 26.7. The zero-order valence-corrected chi connectivity index (χ0v) is 18.5. The molecule has 0 saturated carbocycles. The first-order chi connectivity index (χ1) is 15.0. The molecule has 14 heteroatoms. The van der Waals surface area contributed by atoms with E-state index in [9.17, 15) is 24.3 Å². The van der Waals surface area contributed by atoms with E-state index in [1.807, 2.05) is 0 Å². The summed E-state index contributed by atoms with van der Waals surface area (Å²) in [5, 5.41) is 16.2. The van der Waals surface area contributed by atoms with Crippen LogP contribution in [-0.2, 0) is 42.9 Å². The molecule has 14 nitrogen and oxygen atoms in total. The van der Waals surface area contributed by atoms with Crippen molar-refractivity contribution in [2.45, 2.75) is 70.3 Å². The molecule has 0 bridgehead atoms. The topological polar surface area (TPSA) is 195 Å². The summed E-state index contributed by atoms with van der Waals surface area (Å²) in [5.41, 5.74) is 9.02. The molecule has 1 amide bonds. The molecule has 2 N–H and O–H groups in total. The third-order valence-electron chi connectivity index (χ3n) is 4.58. The monoisotopic (exact) mass is 460 g/mol. The molecule has 0 aromatic rings. The number of nitrogens with one attached hydrogen (secondary N) is 1. The number of hydrogen-bond acceptors (Lipinski definition) is 11. The highest BCUT2D eigenvalue weighted by Gasteiger charge is 2.53. The predicted octanol–water partition coefficient (Wildman–Crippen LogP) is -0.280. The number of esters is 3. The second-order valence-electron chi connectivity index (χ2n) is 7.08. The molecule has 1 unspecified atom stereocenters. The van der Waals surface area contributed by atoms with Crippen molar-refractivity contribution in [1.29, 1.82) is 0 Å².